The van der Waals surface area contributed by atoms with Crippen LogP contribution in [0, 0.1) is 0 Å². The van der Waals surface area contributed by atoms with Gasteiger partial charge in [-0.15, -0.1) is 0 Å². The molecule has 0 aliphatic heterocycles. The molecule has 0 fully saturated rings. The molecule has 0 aromatic heterocycles. The second-order valence-electron chi connectivity index (χ2n) is 10.2. The topological polar surface area (TPSA) is 84.9 Å². The lowest BCUT2D eigenvalue weighted by Gasteiger charge is -2.16. The van der Waals surface area contributed by atoms with Gasteiger partial charge in [-0.25, -0.2) is 0 Å². The number of rotatable bonds is 18. The van der Waals surface area contributed by atoms with Crippen molar-refractivity contribution in [2.24, 2.45) is 9.98 Å². The fraction of sp³-hybridized carbons (Fsp3) is 0.923. The van der Waals surface area contributed by atoms with Gasteiger partial charge in [0.2, 0.25) is 0 Å². The zero-order valence-electron chi connectivity index (χ0n) is 23.2. The highest BCUT2D eigenvalue weighted by atomic mass is 15.2. The zero-order valence-corrected chi connectivity index (χ0v) is 23.2. The Kier molecular flexibility index (Phi) is 20.1. The lowest BCUT2D eigenvalue weighted by atomic mass is 10.2. The maximum atomic E-state index is 4.62. The zero-order chi connectivity index (χ0) is 24.9. The van der Waals surface area contributed by atoms with E-state index in [0.29, 0.717) is 24.2 Å². The summed E-state index contributed by atoms with van der Waals surface area (Å²) in [6.45, 7) is 21.3. The summed E-state index contributed by atoms with van der Waals surface area (Å²) in [6.07, 6.45) is 10.0. The molecule has 0 heterocycles. The number of hydrogen-bond donors (Lipinski definition) is 5. The number of nitrogens with one attached hydrogen (secondary N) is 5. The number of nitrogens with zero attached hydrogens (tertiary/aromatic N) is 2. The monoisotopic (exact) mass is 467 g/mol. The third-order valence-corrected chi connectivity index (χ3v) is 4.77. The van der Waals surface area contributed by atoms with Crippen molar-refractivity contribution >= 4 is 11.9 Å². The molecule has 196 valence electrons. The Balaban J connectivity index is 3.56. The van der Waals surface area contributed by atoms with Gasteiger partial charge in [0, 0.05) is 37.3 Å². The molecule has 0 unspecified atom stereocenters. The van der Waals surface area contributed by atoms with Crippen LogP contribution in [0.2, 0.25) is 0 Å². The van der Waals surface area contributed by atoms with Crippen LogP contribution >= 0.6 is 0 Å². The van der Waals surface area contributed by atoms with Crippen LogP contribution in [0.25, 0.3) is 0 Å². The summed E-state index contributed by atoms with van der Waals surface area (Å²) in [5, 5.41) is 17.3. The van der Waals surface area contributed by atoms with E-state index in [1.807, 2.05) is 0 Å². The summed E-state index contributed by atoms with van der Waals surface area (Å²) in [5.41, 5.74) is 0. The average molecular weight is 468 g/mol. The van der Waals surface area contributed by atoms with E-state index in [9.17, 15) is 0 Å². The number of aliphatic imine (C=N–C) groups is 2. The van der Waals surface area contributed by atoms with Gasteiger partial charge >= 0.3 is 0 Å². The van der Waals surface area contributed by atoms with Crippen LogP contribution in [0.4, 0.5) is 0 Å². The van der Waals surface area contributed by atoms with Crippen LogP contribution in [0.3, 0.4) is 0 Å². The van der Waals surface area contributed by atoms with Crippen molar-refractivity contribution in [2.75, 3.05) is 26.2 Å². The first kappa shape index (κ1) is 31.5. The molecular formula is C26H57N7. The Morgan fingerprint density at radius 2 is 0.818 bits per heavy atom. The summed E-state index contributed by atoms with van der Waals surface area (Å²) < 4.78 is 0. The highest BCUT2D eigenvalue weighted by Gasteiger charge is 2.03. The quantitative estimate of drug-likeness (QED) is 0.117. The molecule has 33 heavy (non-hydrogen) atoms. The highest BCUT2D eigenvalue weighted by molar-refractivity contribution is 5.80. The summed E-state index contributed by atoms with van der Waals surface area (Å²) in [4.78, 5) is 9.23. The second kappa shape index (κ2) is 21.1. The van der Waals surface area contributed by atoms with Crippen LogP contribution < -0.4 is 26.6 Å². The highest BCUT2D eigenvalue weighted by Crippen LogP contribution is 2.00. The first-order chi connectivity index (χ1) is 15.7. The van der Waals surface area contributed by atoms with Crippen molar-refractivity contribution in [1.82, 2.24) is 26.6 Å². The van der Waals surface area contributed by atoms with E-state index in [-0.39, 0.29) is 0 Å². The Labute approximate surface area is 205 Å². The van der Waals surface area contributed by atoms with E-state index in [0.717, 1.165) is 38.1 Å². The summed E-state index contributed by atoms with van der Waals surface area (Å²) >= 11 is 0. The number of hydrogen-bond acceptors (Lipinski definition) is 3. The molecule has 0 saturated carbocycles. The van der Waals surface area contributed by atoms with Gasteiger partial charge in [-0.3, -0.25) is 9.98 Å². The lowest BCUT2D eigenvalue weighted by Crippen LogP contribution is -2.42. The molecule has 0 bridgehead atoms. The molecule has 7 nitrogen and oxygen atoms in total. The predicted octanol–water partition coefficient (Wildman–Crippen LogP) is 4.40. The minimum Gasteiger partial charge on any atom is -0.356 e. The molecule has 0 rings (SSSR count). The van der Waals surface area contributed by atoms with Gasteiger partial charge in [0.05, 0.1) is 0 Å². The average Bonchev–Trinajstić information content (AvgIpc) is 2.68. The van der Waals surface area contributed by atoms with Crippen molar-refractivity contribution in [3.05, 3.63) is 0 Å². The number of guanidine groups is 2. The van der Waals surface area contributed by atoms with Crippen molar-refractivity contribution in [3.8, 4) is 0 Å². The molecule has 5 N–H and O–H groups in total. The smallest absolute Gasteiger partial charge is 0.191 e. The Morgan fingerprint density at radius 3 is 1.12 bits per heavy atom. The van der Waals surface area contributed by atoms with Crippen molar-refractivity contribution < 1.29 is 0 Å². The van der Waals surface area contributed by atoms with Crippen LogP contribution in [-0.4, -0.2) is 62.3 Å². The molecule has 0 aliphatic carbocycles. The van der Waals surface area contributed by atoms with Crippen LogP contribution in [0.1, 0.15) is 107 Å². The van der Waals surface area contributed by atoms with E-state index in [1.54, 1.807) is 0 Å². The van der Waals surface area contributed by atoms with Gasteiger partial charge < -0.3 is 26.6 Å². The third kappa shape index (κ3) is 23.5. The largest absolute Gasteiger partial charge is 0.356 e. The molecule has 0 aromatic rings. The van der Waals surface area contributed by atoms with Crippen LogP contribution in [0.5, 0.6) is 0 Å². The molecule has 0 atom stereocenters. The van der Waals surface area contributed by atoms with E-state index in [1.165, 1.54) is 51.4 Å². The van der Waals surface area contributed by atoms with E-state index >= 15 is 0 Å². The van der Waals surface area contributed by atoms with Crippen LogP contribution in [0.15, 0.2) is 9.98 Å². The van der Waals surface area contributed by atoms with Crippen LogP contribution in [-0.2, 0) is 0 Å². The lowest BCUT2D eigenvalue weighted by molar-refractivity contribution is 0.550. The Morgan fingerprint density at radius 1 is 0.485 bits per heavy atom. The van der Waals surface area contributed by atoms with Gasteiger partial charge in [-0.05, 0) is 94.2 Å². The minimum absolute atomic E-state index is 0.311. The first-order valence-electron chi connectivity index (χ1n) is 13.6. The first-order valence-corrected chi connectivity index (χ1v) is 13.6. The predicted molar refractivity (Wildman–Crippen MR) is 147 cm³/mol. The van der Waals surface area contributed by atoms with E-state index < -0.39 is 0 Å². The SMILES string of the molecule is CC(C)N=C(NCCCCCCNCCCCCCNC(=NC(C)C)NC(C)C)NC(C)C. The molecule has 0 radical (unpaired) electrons. The molecule has 0 spiro atoms. The van der Waals surface area contributed by atoms with Gasteiger partial charge in [0.15, 0.2) is 11.9 Å². The molecule has 0 aliphatic rings. The van der Waals surface area contributed by atoms with E-state index in [2.05, 4.69) is 92.0 Å². The molecule has 0 saturated heterocycles. The maximum absolute atomic E-state index is 4.62. The van der Waals surface area contributed by atoms with Gasteiger partial charge in [-0.2, -0.15) is 0 Å². The fourth-order valence-electron chi connectivity index (χ4n) is 3.33. The molecule has 0 aromatic carbocycles. The van der Waals surface area contributed by atoms with Crippen molar-refractivity contribution in [3.63, 3.8) is 0 Å². The van der Waals surface area contributed by atoms with Gasteiger partial charge in [0.1, 0.15) is 0 Å². The summed E-state index contributed by atoms with van der Waals surface area (Å²) in [7, 11) is 0. The van der Waals surface area contributed by atoms with E-state index in [4.69, 9.17) is 0 Å². The number of unbranched alkanes of at least 4 members (excludes halogenated alkanes) is 6. The van der Waals surface area contributed by atoms with Gasteiger partial charge in [0.25, 0.3) is 0 Å². The fourth-order valence-corrected chi connectivity index (χ4v) is 3.33. The second-order valence-corrected chi connectivity index (χ2v) is 10.2. The Bertz CT molecular complexity index is 455. The molecule has 0 amide bonds. The Hall–Kier alpha value is -1.50. The van der Waals surface area contributed by atoms with Crippen molar-refractivity contribution in [2.45, 2.75) is 131 Å². The standard InChI is InChI=1S/C26H57N7/c1-21(2)30-25(31-22(3)4)28-19-15-11-9-13-17-27-18-14-10-12-16-20-29-26(32-23(5)6)33-24(7)8/h21-24,27H,9-20H2,1-8H3,(H2,28,30,31)(H2,29,32,33). The third-order valence-electron chi connectivity index (χ3n) is 4.77. The minimum atomic E-state index is 0.311. The normalized spacial score (nSPS) is 12.8. The summed E-state index contributed by atoms with van der Waals surface area (Å²) in [5.74, 6) is 1.88. The van der Waals surface area contributed by atoms with Gasteiger partial charge in [-0.1, -0.05) is 25.7 Å². The van der Waals surface area contributed by atoms with Crippen molar-refractivity contribution in [1.29, 1.82) is 0 Å². The molecule has 7 heteroatoms. The molecular weight excluding hydrogens is 410 g/mol. The maximum Gasteiger partial charge on any atom is 0.191 e. The summed E-state index contributed by atoms with van der Waals surface area (Å²) in [6, 6.07) is 1.43.